The summed E-state index contributed by atoms with van der Waals surface area (Å²) in [4.78, 5) is 5.14. The zero-order chi connectivity index (χ0) is 22.5. The molecule has 0 radical (unpaired) electrons. The monoisotopic (exact) mass is 596 g/mol. The van der Waals surface area contributed by atoms with E-state index in [1.54, 1.807) is 18.0 Å². The van der Waals surface area contributed by atoms with Crippen molar-refractivity contribution in [2.75, 3.05) is 5.75 Å². The maximum atomic E-state index is 6.37. The van der Waals surface area contributed by atoms with Crippen molar-refractivity contribution >= 4 is 64.3 Å². The van der Waals surface area contributed by atoms with Gasteiger partial charge in [-0.05, 0) is 48.5 Å². The Morgan fingerprint density at radius 3 is 1.74 bits per heavy atom. The standard InChI is InChI=1S/C28H23NO2PS.HI/c1-2-21-33-28-27(29-26(31-28)25-19-12-20-30-25)32(22-13-6-3-7-14-22,23-15-8-4-9-16-23)24-17-10-5-11-18-24;/h2-20H,1,21H2;1H/q+1;. The number of thioether (sulfide) groups is 1. The van der Waals surface area contributed by atoms with Crippen molar-refractivity contribution < 1.29 is 8.83 Å². The number of hydrogen-bond acceptors (Lipinski definition) is 4. The summed E-state index contributed by atoms with van der Waals surface area (Å²) in [6, 6.07) is 35.7. The molecule has 3 aromatic carbocycles. The number of halogens is 1. The van der Waals surface area contributed by atoms with E-state index in [2.05, 4.69) is 97.6 Å². The first kappa shape index (κ1) is 24.5. The van der Waals surface area contributed by atoms with Gasteiger partial charge in [0.05, 0.1) is 6.26 Å². The molecule has 34 heavy (non-hydrogen) atoms. The maximum Gasteiger partial charge on any atom is 0.267 e. The van der Waals surface area contributed by atoms with E-state index in [-0.39, 0.29) is 24.0 Å². The van der Waals surface area contributed by atoms with Crippen molar-refractivity contribution in [3.8, 4) is 11.7 Å². The van der Waals surface area contributed by atoms with E-state index >= 15 is 0 Å². The summed E-state index contributed by atoms with van der Waals surface area (Å²) in [5.74, 6) is 1.83. The number of furan rings is 1. The second kappa shape index (κ2) is 11.2. The van der Waals surface area contributed by atoms with Crippen molar-refractivity contribution in [2.24, 2.45) is 0 Å². The Balaban J connectivity index is 0.00000274. The summed E-state index contributed by atoms with van der Waals surface area (Å²) >= 11 is 1.61. The number of rotatable bonds is 8. The van der Waals surface area contributed by atoms with Crippen LogP contribution in [0.2, 0.25) is 0 Å². The molecule has 0 saturated carbocycles. The molecule has 0 aliphatic heterocycles. The fourth-order valence-corrected chi connectivity index (χ4v) is 9.25. The second-order valence-corrected chi connectivity index (χ2v) is 11.7. The molecule has 0 N–H and O–H groups in total. The molecular formula is C28H24INO2PS+. The van der Waals surface area contributed by atoms with Crippen molar-refractivity contribution in [1.29, 1.82) is 0 Å². The van der Waals surface area contributed by atoms with Gasteiger partial charge in [0.25, 0.3) is 11.3 Å². The lowest BCUT2D eigenvalue weighted by Crippen LogP contribution is -2.40. The highest BCUT2D eigenvalue weighted by Gasteiger charge is 2.53. The summed E-state index contributed by atoms with van der Waals surface area (Å²) in [7, 11) is -2.37. The zero-order valence-electron chi connectivity index (χ0n) is 18.4. The van der Waals surface area contributed by atoms with Crippen LogP contribution in [0.25, 0.3) is 11.7 Å². The molecule has 3 nitrogen and oxygen atoms in total. The van der Waals surface area contributed by atoms with E-state index in [0.717, 1.165) is 16.3 Å². The minimum absolute atomic E-state index is 0. The Hall–Kier alpha value is -2.60. The van der Waals surface area contributed by atoms with E-state index in [1.807, 2.05) is 18.2 Å². The van der Waals surface area contributed by atoms with Crippen LogP contribution < -0.4 is 21.3 Å². The van der Waals surface area contributed by atoms with Crippen LogP contribution in [0.3, 0.4) is 0 Å². The lowest BCUT2D eigenvalue weighted by molar-refractivity contribution is 0.462. The van der Waals surface area contributed by atoms with Crippen molar-refractivity contribution in [3.63, 3.8) is 0 Å². The third-order valence-corrected chi connectivity index (χ3v) is 10.6. The molecule has 0 saturated heterocycles. The van der Waals surface area contributed by atoms with Crippen LogP contribution in [0.5, 0.6) is 0 Å². The maximum absolute atomic E-state index is 6.37. The SMILES string of the molecule is C=CCSc1oc(-c2ccco2)nc1[P+](c1ccccc1)(c1ccccc1)c1ccccc1.I. The molecule has 0 aliphatic rings. The van der Waals surface area contributed by atoms with Gasteiger partial charge in [-0.15, -0.1) is 30.6 Å². The Morgan fingerprint density at radius 1 is 0.765 bits per heavy atom. The number of hydrogen-bond donors (Lipinski definition) is 0. The highest BCUT2D eigenvalue weighted by Crippen LogP contribution is 2.56. The third-order valence-electron chi connectivity index (χ3n) is 5.39. The Labute approximate surface area is 221 Å². The summed E-state index contributed by atoms with van der Waals surface area (Å²) < 4.78 is 12.0. The number of benzene rings is 3. The quantitative estimate of drug-likeness (QED) is 0.0894. The summed E-state index contributed by atoms with van der Waals surface area (Å²) in [5.41, 5.74) is 0.948. The molecular weight excluding hydrogens is 572 g/mol. The molecule has 0 spiro atoms. The van der Waals surface area contributed by atoms with E-state index in [4.69, 9.17) is 13.8 Å². The summed E-state index contributed by atoms with van der Waals surface area (Å²) in [5, 5.41) is 4.47. The molecule has 0 aliphatic carbocycles. The molecule has 0 amide bonds. The van der Waals surface area contributed by atoms with Gasteiger partial charge in [-0.25, -0.2) is 0 Å². The van der Waals surface area contributed by atoms with E-state index in [1.165, 1.54) is 15.9 Å². The normalized spacial score (nSPS) is 11.1. The Kier molecular flexibility index (Phi) is 8.09. The van der Waals surface area contributed by atoms with Crippen molar-refractivity contribution in [2.45, 2.75) is 5.09 Å². The Bertz CT molecular complexity index is 1230. The van der Waals surface area contributed by atoms with Crippen molar-refractivity contribution in [1.82, 2.24) is 4.98 Å². The minimum atomic E-state index is -2.37. The first-order valence-electron chi connectivity index (χ1n) is 10.7. The Morgan fingerprint density at radius 2 is 1.29 bits per heavy atom. The van der Waals surface area contributed by atoms with Crippen molar-refractivity contribution in [3.05, 3.63) is 122 Å². The van der Waals surface area contributed by atoms with Gasteiger partial charge in [0.1, 0.15) is 15.9 Å². The first-order valence-corrected chi connectivity index (χ1v) is 13.5. The van der Waals surface area contributed by atoms with Gasteiger partial charge in [0, 0.05) is 5.75 Å². The molecule has 6 heteroatoms. The molecule has 2 heterocycles. The highest BCUT2D eigenvalue weighted by atomic mass is 127. The molecule has 5 aromatic rings. The molecule has 0 fully saturated rings. The van der Waals surface area contributed by atoms with Crippen LogP contribution >= 0.6 is 43.0 Å². The van der Waals surface area contributed by atoms with Gasteiger partial charge in [0.2, 0.25) is 5.09 Å². The average Bonchev–Trinajstić information content (AvgIpc) is 3.56. The molecule has 0 bridgehead atoms. The van der Waals surface area contributed by atoms with Gasteiger partial charge in [-0.3, -0.25) is 0 Å². The largest absolute Gasteiger partial charge is 0.459 e. The van der Waals surface area contributed by atoms with Crippen LogP contribution in [0.15, 0.2) is 136 Å². The van der Waals surface area contributed by atoms with Gasteiger partial charge in [-0.1, -0.05) is 72.4 Å². The smallest absolute Gasteiger partial charge is 0.267 e. The average molecular weight is 596 g/mol. The fourth-order valence-electron chi connectivity index (χ4n) is 4.01. The fraction of sp³-hybridized carbons (Fsp3) is 0.0357. The van der Waals surface area contributed by atoms with E-state index in [0.29, 0.717) is 11.7 Å². The van der Waals surface area contributed by atoms with E-state index in [9.17, 15) is 0 Å². The van der Waals surface area contributed by atoms with Crippen LogP contribution in [0.4, 0.5) is 0 Å². The first-order chi connectivity index (χ1) is 16.3. The summed E-state index contributed by atoms with van der Waals surface area (Å²) in [6.45, 7) is 3.91. The molecule has 0 unspecified atom stereocenters. The lowest BCUT2D eigenvalue weighted by Gasteiger charge is -2.25. The molecule has 5 rings (SSSR count). The van der Waals surface area contributed by atoms with Gasteiger partial charge >= 0.3 is 0 Å². The molecule has 0 atom stereocenters. The van der Waals surface area contributed by atoms with Crippen LogP contribution in [-0.4, -0.2) is 10.7 Å². The third kappa shape index (κ3) is 4.52. The van der Waals surface area contributed by atoms with Gasteiger partial charge in [0.15, 0.2) is 13.0 Å². The number of nitrogens with zero attached hydrogens (tertiary/aromatic N) is 1. The van der Waals surface area contributed by atoms with Gasteiger partial charge in [-0.2, -0.15) is 4.98 Å². The predicted molar refractivity (Wildman–Crippen MR) is 155 cm³/mol. The van der Waals surface area contributed by atoms with Crippen LogP contribution in [0, 0.1) is 0 Å². The molecule has 2 aromatic heterocycles. The lowest BCUT2D eigenvalue weighted by atomic mass is 10.4. The van der Waals surface area contributed by atoms with Crippen LogP contribution in [0.1, 0.15) is 0 Å². The van der Waals surface area contributed by atoms with E-state index < -0.39 is 7.26 Å². The topological polar surface area (TPSA) is 39.2 Å². The number of aromatic nitrogens is 1. The predicted octanol–water partition coefficient (Wildman–Crippen LogP) is 6.45. The molecule has 170 valence electrons. The second-order valence-electron chi connectivity index (χ2n) is 7.38. The number of oxazole rings is 1. The minimum Gasteiger partial charge on any atom is -0.459 e. The highest BCUT2D eigenvalue weighted by molar-refractivity contribution is 14.0. The van der Waals surface area contributed by atoms with Gasteiger partial charge < -0.3 is 8.83 Å². The van der Waals surface area contributed by atoms with Crippen LogP contribution in [-0.2, 0) is 0 Å². The summed E-state index contributed by atoms with van der Waals surface area (Å²) in [6.07, 6.45) is 3.53. The zero-order valence-corrected chi connectivity index (χ0v) is 22.5.